The monoisotopic (exact) mass is 926 g/mol. The zero-order valence-corrected chi connectivity index (χ0v) is 36.4. The lowest BCUT2D eigenvalue weighted by Gasteiger charge is -2.50. The van der Waals surface area contributed by atoms with E-state index < -0.39 is 172 Å². The molecule has 64 heavy (non-hydrogen) atoms. The molecular weight excluding hydrogens is 875 g/mol. The van der Waals surface area contributed by atoms with Crippen molar-refractivity contribution in [3.8, 4) is 0 Å². The summed E-state index contributed by atoms with van der Waals surface area (Å²) in [7, 11) is 0. The zero-order valence-electron chi connectivity index (χ0n) is 36.4. The van der Waals surface area contributed by atoms with E-state index in [9.17, 15) is 47.9 Å². The quantitative estimate of drug-likeness (QED) is 0.126. The van der Waals surface area contributed by atoms with Gasteiger partial charge in [-0.2, -0.15) is 0 Å². The summed E-state index contributed by atoms with van der Waals surface area (Å²) in [4.78, 5) is 123. The van der Waals surface area contributed by atoms with Crippen LogP contribution in [-0.2, 0) is 119 Å². The van der Waals surface area contributed by atoms with Crippen molar-refractivity contribution in [3.63, 3.8) is 0 Å². The van der Waals surface area contributed by atoms with Crippen molar-refractivity contribution in [2.75, 3.05) is 19.8 Å². The third-order valence-corrected chi connectivity index (χ3v) is 8.81. The lowest BCUT2D eigenvalue weighted by molar-refractivity contribution is -0.387. The first kappa shape index (κ1) is 52.8. The van der Waals surface area contributed by atoms with Crippen LogP contribution in [0.5, 0.6) is 0 Å². The highest BCUT2D eigenvalue weighted by Crippen LogP contribution is 2.38. The lowest BCUT2D eigenvalue weighted by atomic mass is 9.95. The van der Waals surface area contributed by atoms with E-state index in [0.717, 1.165) is 69.2 Å². The van der Waals surface area contributed by atoms with E-state index in [1.165, 1.54) is 0 Å². The van der Waals surface area contributed by atoms with Crippen LogP contribution in [0.1, 0.15) is 69.2 Å². The normalized spacial score (nSPS) is 32.3. The minimum atomic E-state index is -2.68. The van der Waals surface area contributed by atoms with Crippen LogP contribution in [0.3, 0.4) is 0 Å². The average molecular weight is 927 g/mol. The van der Waals surface area contributed by atoms with Gasteiger partial charge in [-0.1, -0.05) is 0 Å². The molecule has 15 atom stereocenters. The summed E-state index contributed by atoms with van der Waals surface area (Å²) < 4.78 is 99.9. The van der Waals surface area contributed by atoms with Gasteiger partial charge in [0.2, 0.25) is 6.36 Å². The molecule has 3 heterocycles. The molecule has 0 radical (unpaired) electrons. The summed E-state index contributed by atoms with van der Waals surface area (Å²) in [5, 5.41) is 0. The fraction of sp³-hybridized carbons (Fsp3) is 0.737. The van der Waals surface area contributed by atoms with Crippen LogP contribution < -0.4 is 0 Å². The minimum Gasteiger partial charge on any atom is -0.463 e. The first-order chi connectivity index (χ1) is 29.9. The van der Waals surface area contributed by atoms with E-state index in [0.29, 0.717) is 0 Å². The maximum atomic E-state index is 16.5. The van der Waals surface area contributed by atoms with E-state index in [-0.39, 0.29) is 0 Å². The van der Waals surface area contributed by atoms with E-state index in [1.807, 2.05) is 0 Å². The molecule has 3 aliphatic heterocycles. The van der Waals surface area contributed by atoms with Crippen LogP contribution in [0.2, 0.25) is 0 Å². The number of ether oxygens (including phenoxy) is 15. The van der Waals surface area contributed by atoms with E-state index in [1.54, 1.807) is 0 Å². The van der Waals surface area contributed by atoms with Gasteiger partial charge in [0.1, 0.15) is 38.1 Å². The van der Waals surface area contributed by atoms with Gasteiger partial charge >= 0.3 is 59.7 Å². The van der Waals surface area contributed by atoms with Crippen LogP contribution in [0.25, 0.3) is 0 Å². The van der Waals surface area contributed by atoms with E-state index >= 15 is 4.39 Å². The Balaban J connectivity index is 2.33. The van der Waals surface area contributed by atoms with Crippen LogP contribution >= 0.6 is 0 Å². The number of hydrogen-bond acceptors (Lipinski definition) is 25. The minimum absolute atomic E-state index is 0.726. The molecule has 0 aromatic carbocycles. The number of rotatable bonds is 17. The molecule has 360 valence electrons. The van der Waals surface area contributed by atoms with Crippen LogP contribution in [0.15, 0.2) is 0 Å². The maximum absolute atomic E-state index is 16.5. The van der Waals surface area contributed by atoms with Gasteiger partial charge in [0.05, 0.1) is 0 Å². The molecule has 0 bridgehead atoms. The number of carbonyl (C=O) groups excluding carboxylic acids is 10. The van der Waals surface area contributed by atoms with Crippen LogP contribution in [0, 0.1) is 0 Å². The molecule has 25 nitrogen and oxygen atoms in total. The highest BCUT2D eigenvalue weighted by molar-refractivity contribution is 5.70. The number of carbonyl (C=O) groups is 10. The van der Waals surface area contributed by atoms with Gasteiger partial charge in [-0.05, 0) is 0 Å². The second kappa shape index (κ2) is 23.9. The van der Waals surface area contributed by atoms with Gasteiger partial charge in [-0.3, -0.25) is 47.9 Å². The number of halogens is 1. The predicted molar refractivity (Wildman–Crippen MR) is 196 cm³/mol. The summed E-state index contributed by atoms with van der Waals surface area (Å²) >= 11 is 0. The van der Waals surface area contributed by atoms with Gasteiger partial charge in [0.25, 0.3) is 0 Å². The van der Waals surface area contributed by atoms with Crippen LogP contribution in [-0.4, -0.2) is 172 Å². The summed E-state index contributed by atoms with van der Waals surface area (Å²) in [6.07, 6.45) is -29.2. The molecule has 3 saturated heterocycles. The Bertz CT molecular complexity index is 1740. The van der Waals surface area contributed by atoms with Gasteiger partial charge in [0.15, 0.2) is 67.5 Å². The highest BCUT2D eigenvalue weighted by atomic mass is 19.1. The molecular formula is C38H51FO25. The molecule has 0 spiro atoms. The molecule has 0 saturated carbocycles. The first-order valence-electron chi connectivity index (χ1n) is 19.4. The topological polar surface area (TPSA) is 309 Å². The van der Waals surface area contributed by atoms with E-state index in [2.05, 4.69) is 0 Å². The number of alkyl halides is 1. The van der Waals surface area contributed by atoms with E-state index in [4.69, 9.17) is 71.1 Å². The SMILES string of the molecule is CC(=O)OC[C@H]1O[C@H](O[C@@H]2[C@@H](O[C@H]3[C@@H](OC(C)=O)[C@H](OC(C)=O)[C@@H](COC(C)=O)O[C@@H]3F)O[C@H](COC(C)=O)[C@@H](OC(C)=O)[C@@H]2OC(C)=O)[C@@H](OC(C)=O)[C@@H](OC(C)=O)[C@@H]1OC(C)=O. The Morgan fingerprint density at radius 1 is 0.328 bits per heavy atom. The lowest BCUT2D eigenvalue weighted by Crippen LogP contribution is -2.68. The molecule has 0 aromatic heterocycles. The third kappa shape index (κ3) is 15.6. The molecule has 0 unspecified atom stereocenters. The zero-order chi connectivity index (χ0) is 48.2. The largest absolute Gasteiger partial charge is 0.463 e. The smallest absolute Gasteiger partial charge is 0.303 e. The van der Waals surface area contributed by atoms with Crippen molar-refractivity contribution in [1.29, 1.82) is 0 Å². The summed E-state index contributed by atoms with van der Waals surface area (Å²) in [6.45, 7) is 7.40. The second-order valence-corrected chi connectivity index (χ2v) is 14.2. The third-order valence-electron chi connectivity index (χ3n) is 8.81. The molecule has 0 amide bonds. The predicted octanol–water partition coefficient (Wildman–Crippen LogP) is -0.888. The Morgan fingerprint density at radius 3 is 0.906 bits per heavy atom. The average Bonchev–Trinajstić information content (AvgIpc) is 3.14. The molecule has 26 heteroatoms. The summed E-state index contributed by atoms with van der Waals surface area (Å²) in [5.74, 6) is -9.84. The summed E-state index contributed by atoms with van der Waals surface area (Å²) in [6, 6.07) is 0. The van der Waals surface area contributed by atoms with Crippen molar-refractivity contribution in [2.45, 2.75) is 161 Å². The molecule has 0 N–H and O–H groups in total. The van der Waals surface area contributed by atoms with Crippen molar-refractivity contribution < 1.29 is 123 Å². The van der Waals surface area contributed by atoms with Crippen LogP contribution in [0.4, 0.5) is 4.39 Å². The standard InChI is InChI=1S/C38H51FO25/c1-14(40)50-11-24-27(53-17(4)43)30(56-20(7)46)33(36(39)60-24)63-38-35(32(58-22(9)48)29(55-19(6)45)26(62-38)13-52-16(3)42)64-37-34(59-23(10)49)31(57-21(8)47)28(54-18(5)44)25(61-37)12-51-15(2)41/h24-38H,11-13H2,1-10H3/t24-,25-,26-,27-,28-,29-,30+,31+,32+,33+,34+,35+,36+,37-,38-/m1/s1. The fourth-order valence-corrected chi connectivity index (χ4v) is 6.74. The Labute approximate surface area is 364 Å². The Kier molecular flexibility index (Phi) is 19.7. The Morgan fingerprint density at radius 2 is 0.578 bits per heavy atom. The molecule has 3 aliphatic rings. The van der Waals surface area contributed by atoms with Crippen molar-refractivity contribution in [1.82, 2.24) is 0 Å². The molecule has 0 aromatic rings. The fourth-order valence-electron chi connectivity index (χ4n) is 6.74. The molecule has 0 aliphatic carbocycles. The van der Waals surface area contributed by atoms with Gasteiger partial charge < -0.3 is 71.1 Å². The second-order valence-electron chi connectivity index (χ2n) is 14.2. The van der Waals surface area contributed by atoms with Gasteiger partial charge in [-0.25, -0.2) is 4.39 Å². The Hall–Kier alpha value is -5.57. The number of hydrogen-bond donors (Lipinski definition) is 0. The summed E-state index contributed by atoms with van der Waals surface area (Å²) in [5.41, 5.74) is 0. The highest BCUT2D eigenvalue weighted by Gasteiger charge is 2.60. The van der Waals surface area contributed by atoms with Gasteiger partial charge in [-0.15, -0.1) is 0 Å². The molecule has 3 fully saturated rings. The maximum Gasteiger partial charge on any atom is 0.303 e. The number of esters is 10. The first-order valence-corrected chi connectivity index (χ1v) is 19.4. The van der Waals surface area contributed by atoms with Gasteiger partial charge in [0, 0.05) is 69.2 Å². The molecule has 3 rings (SSSR count). The van der Waals surface area contributed by atoms with Crippen molar-refractivity contribution in [3.05, 3.63) is 0 Å². The van der Waals surface area contributed by atoms with Crippen molar-refractivity contribution >= 4 is 59.7 Å². The van der Waals surface area contributed by atoms with Crippen molar-refractivity contribution in [2.24, 2.45) is 0 Å².